The molecule has 0 radical (unpaired) electrons. The number of alkyl halides is 6. The maximum Gasteiger partial charge on any atom is 0.420 e. The molecule has 0 saturated carbocycles. The summed E-state index contributed by atoms with van der Waals surface area (Å²) in [6.45, 7) is 1.30. The molecule has 4 rings (SSSR count). The maximum atomic E-state index is 14.2. The zero-order valence-electron chi connectivity index (χ0n) is 17.6. The molecule has 180 valence electrons. The quantitative estimate of drug-likeness (QED) is 0.414. The van der Waals surface area contributed by atoms with Gasteiger partial charge in [-0.2, -0.15) is 36.5 Å². The van der Waals surface area contributed by atoms with Crippen molar-refractivity contribution in [1.82, 2.24) is 29.9 Å². The molecule has 0 aliphatic rings. The summed E-state index contributed by atoms with van der Waals surface area (Å²) in [5, 5.41) is 9.38. The van der Waals surface area contributed by atoms with Crippen LogP contribution in [0.1, 0.15) is 27.0 Å². The summed E-state index contributed by atoms with van der Waals surface area (Å²) in [6.07, 6.45) is -3.55. The van der Waals surface area contributed by atoms with Crippen LogP contribution in [0, 0.1) is 6.92 Å². The van der Waals surface area contributed by atoms with Crippen LogP contribution < -0.4 is 5.32 Å². The van der Waals surface area contributed by atoms with Crippen molar-refractivity contribution in [3.8, 4) is 16.9 Å². The third kappa shape index (κ3) is 4.81. The lowest BCUT2D eigenvalue weighted by atomic mass is 9.93. The Hall–Kier alpha value is -4.36. The van der Waals surface area contributed by atoms with Crippen molar-refractivity contribution in [3.05, 3.63) is 77.8 Å². The number of carbonyl (C=O) groups excluding carboxylic acids is 1. The molecule has 0 aliphatic heterocycles. The van der Waals surface area contributed by atoms with Gasteiger partial charge >= 0.3 is 12.4 Å². The van der Waals surface area contributed by atoms with Crippen LogP contribution in [0.25, 0.3) is 16.9 Å². The van der Waals surface area contributed by atoms with Crippen LogP contribution in [-0.4, -0.2) is 35.9 Å². The van der Waals surface area contributed by atoms with E-state index in [0.29, 0.717) is 10.9 Å². The minimum atomic E-state index is -5.04. The molecule has 0 atom stereocenters. The summed E-state index contributed by atoms with van der Waals surface area (Å²) >= 11 is 0. The monoisotopic (exact) mass is 493 g/mol. The molecule has 1 N–H and O–H groups in total. The van der Waals surface area contributed by atoms with E-state index >= 15 is 0 Å². The van der Waals surface area contributed by atoms with Gasteiger partial charge in [0, 0.05) is 29.7 Å². The Morgan fingerprint density at radius 1 is 0.943 bits per heavy atom. The molecular weight excluding hydrogens is 480 g/mol. The molecule has 0 aliphatic carbocycles. The van der Waals surface area contributed by atoms with E-state index in [1.165, 1.54) is 13.0 Å². The molecule has 0 unspecified atom stereocenters. The predicted octanol–water partition coefficient (Wildman–Crippen LogP) is 4.72. The molecule has 0 saturated heterocycles. The molecule has 3 heterocycles. The minimum Gasteiger partial charge on any atom is -0.321 e. The lowest BCUT2D eigenvalue weighted by molar-refractivity contribution is -0.138. The molecular formula is C21H13F6N7O. The van der Waals surface area contributed by atoms with E-state index in [-0.39, 0.29) is 11.1 Å². The second-order valence-electron chi connectivity index (χ2n) is 7.17. The van der Waals surface area contributed by atoms with Gasteiger partial charge in [0.1, 0.15) is 11.9 Å². The Morgan fingerprint density at radius 3 is 2.20 bits per heavy atom. The minimum absolute atomic E-state index is 0.0123. The Kier molecular flexibility index (Phi) is 5.96. The van der Waals surface area contributed by atoms with Crippen LogP contribution in [0.4, 0.5) is 32.0 Å². The fourth-order valence-corrected chi connectivity index (χ4v) is 3.38. The average molecular weight is 493 g/mol. The third-order valence-electron chi connectivity index (χ3n) is 4.84. The number of nitrogens with zero attached hydrogens (tertiary/aromatic N) is 6. The third-order valence-corrected chi connectivity index (χ3v) is 4.84. The van der Waals surface area contributed by atoms with Gasteiger partial charge < -0.3 is 5.32 Å². The molecule has 1 amide bonds. The first-order valence-corrected chi connectivity index (χ1v) is 9.68. The van der Waals surface area contributed by atoms with Crippen molar-refractivity contribution in [1.29, 1.82) is 0 Å². The molecule has 1 aromatic carbocycles. The molecule has 35 heavy (non-hydrogen) atoms. The molecule has 0 spiro atoms. The number of nitrogens with one attached hydrogen (secondary N) is 1. The van der Waals surface area contributed by atoms with Gasteiger partial charge in [-0.25, -0.2) is 15.0 Å². The fourth-order valence-electron chi connectivity index (χ4n) is 3.38. The fraction of sp³-hybridized carbons (Fsp3) is 0.143. The SMILES string of the molecule is Cc1ccc(NC(=O)c2cncnc2)c(C(F)(F)F)c1-c1cnc(-n2nccn2)c(C(F)(F)F)c1. The normalized spacial score (nSPS) is 12.0. The number of pyridine rings is 1. The number of hydrogen-bond donors (Lipinski definition) is 1. The number of anilines is 1. The number of carbonyl (C=O) groups is 1. The molecule has 4 aromatic rings. The van der Waals surface area contributed by atoms with Gasteiger partial charge in [-0.15, -0.1) is 4.80 Å². The highest BCUT2D eigenvalue weighted by atomic mass is 19.4. The van der Waals surface area contributed by atoms with Crippen molar-refractivity contribution in [2.24, 2.45) is 0 Å². The van der Waals surface area contributed by atoms with Gasteiger partial charge in [-0.3, -0.25) is 4.79 Å². The number of rotatable bonds is 4. The van der Waals surface area contributed by atoms with Gasteiger partial charge in [0.25, 0.3) is 5.91 Å². The first kappa shape index (κ1) is 23.8. The second-order valence-corrected chi connectivity index (χ2v) is 7.17. The summed E-state index contributed by atoms with van der Waals surface area (Å²) < 4.78 is 84.1. The highest BCUT2D eigenvalue weighted by Gasteiger charge is 2.40. The Bertz CT molecular complexity index is 1370. The molecule has 14 heteroatoms. The predicted molar refractivity (Wildman–Crippen MR) is 109 cm³/mol. The highest BCUT2D eigenvalue weighted by molar-refractivity contribution is 6.05. The van der Waals surface area contributed by atoms with Crippen LogP contribution in [0.3, 0.4) is 0 Å². The van der Waals surface area contributed by atoms with E-state index in [1.807, 2.05) is 0 Å². The largest absolute Gasteiger partial charge is 0.420 e. The van der Waals surface area contributed by atoms with E-state index in [1.54, 1.807) is 0 Å². The van der Waals surface area contributed by atoms with Gasteiger partial charge in [-0.1, -0.05) is 6.07 Å². The first-order valence-electron chi connectivity index (χ1n) is 9.68. The molecule has 0 bridgehead atoms. The van der Waals surface area contributed by atoms with E-state index < -0.39 is 52.0 Å². The molecule has 8 nitrogen and oxygen atoms in total. The standard InChI is InChI=1S/C21H13F6N7O/c1-11-2-3-15(33-19(35)13-7-28-10-29-8-13)17(21(25,26)27)16(11)12-6-14(20(22,23)24)18(30-9-12)34-31-4-5-32-34/h2-10H,1H3,(H,33,35). The zero-order chi connectivity index (χ0) is 25.4. The second kappa shape index (κ2) is 8.77. The van der Waals surface area contributed by atoms with Crippen LogP contribution >= 0.6 is 0 Å². The van der Waals surface area contributed by atoms with Crippen LogP contribution in [0.5, 0.6) is 0 Å². The van der Waals surface area contributed by atoms with Crippen LogP contribution in [0.15, 0.2) is 55.5 Å². The van der Waals surface area contributed by atoms with E-state index in [9.17, 15) is 31.1 Å². The van der Waals surface area contributed by atoms with Crippen molar-refractivity contribution in [2.75, 3.05) is 5.32 Å². The maximum absolute atomic E-state index is 14.2. The van der Waals surface area contributed by atoms with Crippen LogP contribution in [0.2, 0.25) is 0 Å². The number of halogens is 6. The lowest BCUT2D eigenvalue weighted by Crippen LogP contribution is -2.19. The van der Waals surface area contributed by atoms with Gasteiger partial charge in [-0.05, 0) is 24.6 Å². The Balaban J connectivity index is 1.90. The van der Waals surface area contributed by atoms with Gasteiger partial charge in [0.15, 0.2) is 5.82 Å². The Labute approximate surface area is 192 Å². The van der Waals surface area contributed by atoms with Crippen molar-refractivity contribution in [2.45, 2.75) is 19.3 Å². The van der Waals surface area contributed by atoms with Gasteiger partial charge in [0.05, 0.1) is 29.2 Å². The van der Waals surface area contributed by atoms with Crippen LogP contribution in [-0.2, 0) is 12.4 Å². The Morgan fingerprint density at radius 2 is 1.60 bits per heavy atom. The summed E-state index contributed by atoms with van der Waals surface area (Å²) in [6, 6.07) is 2.81. The molecule has 0 fully saturated rings. The van der Waals surface area contributed by atoms with Crippen molar-refractivity contribution >= 4 is 11.6 Å². The summed E-state index contributed by atoms with van der Waals surface area (Å²) in [7, 11) is 0. The van der Waals surface area contributed by atoms with Crippen molar-refractivity contribution in [3.63, 3.8) is 0 Å². The average Bonchev–Trinajstić information content (AvgIpc) is 3.34. The number of benzene rings is 1. The number of hydrogen-bond acceptors (Lipinski definition) is 6. The van der Waals surface area contributed by atoms with E-state index in [0.717, 1.165) is 43.4 Å². The smallest absolute Gasteiger partial charge is 0.321 e. The summed E-state index contributed by atoms with van der Waals surface area (Å²) in [5.41, 5.74) is -4.46. The lowest BCUT2D eigenvalue weighted by Gasteiger charge is -2.21. The zero-order valence-corrected chi connectivity index (χ0v) is 17.6. The topological polar surface area (TPSA) is 98.5 Å². The van der Waals surface area contributed by atoms with E-state index in [2.05, 4.69) is 30.5 Å². The summed E-state index contributed by atoms with van der Waals surface area (Å²) in [5.74, 6) is -1.63. The highest BCUT2D eigenvalue weighted by Crippen LogP contribution is 2.45. The van der Waals surface area contributed by atoms with Gasteiger partial charge in [0.2, 0.25) is 0 Å². The van der Waals surface area contributed by atoms with Crippen molar-refractivity contribution < 1.29 is 31.1 Å². The number of aromatic nitrogens is 6. The first-order chi connectivity index (χ1) is 16.5. The summed E-state index contributed by atoms with van der Waals surface area (Å²) in [4.78, 5) is 24.1. The number of amides is 1. The van der Waals surface area contributed by atoms with E-state index in [4.69, 9.17) is 0 Å². The number of aryl methyl sites for hydroxylation is 1. The molecule has 3 aromatic heterocycles.